The second kappa shape index (κ2) is 5.75. The first-order valence-corrected chi connectivity index (χ1v) is 7.08. The van der Waals surface area contributed by atoms with Crippen molar-refractivity contribution in [2.45, 2.75) is 25.1 Å². The molecule has 2 heterocycles. The molecule has 5 nitrogen and oxygen atoms in total. The highest BCUT2D eigenvalue weighted by molar-refractivity contribution is 8.04. The highest BCUT2D eigenvalue weighted by Gasteiger charge is 2.39. The number of rotatable bonds is 3. The molecule has 2 saturated heterocycles. The van der Waals surface area contributed by atoms with Gasteiger partial charge >= 0.3 is 5.97 Å². The molecular formula is C12H18N2O3S. The molecule has 0 aliphatic carbocycles. The van der Waals surface area contributed by atoms with Gasteiger partial charge in [-0.15, -0.1) is 0 Å². The number of hydrogen-bond donors (Lipinski definition) is 0. The van der Waals surface area contributed by atoms with Gasteiger partial charge < -0.3 is 9.64 Å². The number of likely N-dealkylation sites (tertiary alicyclic amines) is 1. The molecule has 0 aromatic heterocycles. The van der Waals surface area contributed by atoms with E-state index in [-0.39, 0.29) is 17.3 Å². The molecule has 0 saturated carbocycles. The molecule has 0 aromatic rings. The second-order valence-corrected chi connectivity index (χ2v) is 5.45. The summed E-state index contributed by atoms with van der Waals surface area (Å²) in [5, 5.41) is 0.508. The molecule has 0 radical (unpaired) electrons. The monoisotopic (exact) mass is 270 g/mol. The van der Waals surface area contributed by atoms with Gasteiger partial charge in [-0.3, -0.25) is 9.69 Å². The van der Waals surface area contributed by atoms with Gasteiger partial charge in [0.25, 0.3) is 5.91 Å². The lowest BCUT2D eigenvalue weighted by Gasteiger charge is -2.19. The Morgan fingerprint density at radius 3 is 2.78 bits per heavy atom. The molecule has 2 fully saturated rings. The maximum atomic E-state index is 12.1. The zero-order valence-corrected chi connectivity index (χ0v) is 11.5. The first-order valence-electron chi connectivity index (χ1n) is 6.20. The number of carbonyl (C=O) groups is 2. The van der Waals surface area contributed by atoms with Gasteiger partial charge in [0.1, 0.15) is 5.37 Å². The third kappa shape index (κ3) is 2.70. The smallest absolute Gasteiger partial charge is 0.333 e. The summed E-state index contributed by atoms with van der Waals surface area (Å²) in [6.45, 7) is 4.04. The topological polar surface area (TPSA) is 49.9 Å². The zero-order valence-electron chi connectivity index (χ0n) is 10.7. The van der Waals surface area contributed by atoms with Crippen LogP contribution in [0.1, 0.15) is 19.8 Å². The number of nitrogens with zero attached hydrogens (tertiary/aromatic N) is 2. The average molecular weight is 270 g/mol. The van der Waals surface area contributed by atoms with Crippen molar-refractivity contribution in [1.82, 2.24) is 9.80 Å². The Morgan fingerprint density at radius 2 is 2.17 bits per heavy atom. The highest BCUT2D eigenvalue weighted by atomic mass is 32.2. The Morgan fingerprint density at radius 1 is 1.50 bits per heavy atom. The molecule has 0 bridgehead atoms. The predicted molar refractivity (Wildman–Crippen MR) is 69.7 cm³/mol. The van der Waals surface area contributed by atoms with E-state index in [1.165, 1.54) is 17.8 Å². The summed E-state index contributed by atoms with van der Waals surface area (Å²) in [7, 11) is 1.70. The summed E-state index contributed by atoms with van der Waals surface area (Å²) in [5.41, 5.74) is 0. The second-order valence-electron chi connectivity index (χ2n) is 4.35. The van der Waals surface area contributed by atoms with E-state index in [2.05, 4.69) is 4.90 Å². The molecule has 18 heavy (non-hydrogen) atoms. The van der Waals surface area contributed by atoms with Crippen LogP contribution in [0.5, 0.6) is 0 Å². The van der Waals surface area contributed by atoms with Gasteiger partial charge in [-0.05, 0) is 32.9 Å². The number of amides is 1. The molecule has 0 spiro atoms. The number of thioether (sulfide) groups is 1. The van der Waals surface area contributed by atoms with Crippen LogP contribution in [0.4, 0.5) is 0 Å². The van der Waals surface area contributed by atoms with Crippen LogP contribution in [0.15, 0.2) is 11.1 Å². The van der Waals surface area contributed by atoms with Crippen molar-refractivity contribution in [2.75, 3.05) is 26.7 Å². The van der Waals surface area contributed by atoms with E-state index in [4.69, 9.17) is 4.74 Å². The van der Waals surface area contributed by atoms with Crippen molar-refractivity contribution in [3.63, 3.8) is 0 Å². The fraction of sp³-hybridized carbons (Fsp3) is 0.667. The van der Waals surface area contributed by atoms with Crippen LogP contribution < -0.4 is 0 Å². The van der Waals surface area contributed by atoms with Crippen LogP contribution in [0.3, 0.4) is 0 Å². The summed E-state index contributed by atoms with van der Waals surface area (Å²) in [6, 6.07) is 0. The Kier molecular flexibility index (Phi) is 4.29. The molecule has 2 aliphatic rings. The SMILES string of the molecule is CCOC(=O)/C=C1\S[C@H](N2CCCC2)C(=O)N1C. The van der Waals surface area contributed by atoms with Crippen LogP contribution in [0.2, 0.25) is 0 Å². The lowest BCUT2D eigenvalue weighted by Crippen LogP contribution is -2.37. The van der Waals surface area contributed by atoms with Crippen LogP contribution in [-0.4, -0.2) is 53.8 Å². The number of ether oxygens (including phenoxy) is 1. The molecule has 2 rings (SSSR count). The average Bonchev–Trinajstić information content (AvgIpc) is 2.93. The van der Waals surface area contributed by atoms with E-state index in [0.29, 0.717) is 11.6 Å². The molecule has 1 atom stereocenters. The summed E-state index contributed by atoms with van der Waals surface area (Å²) in [5.74, 6) is -0.334. The first-order chi connectivity index (χ1) is 8.63. The first kappa shape index (κ1) is 13.4. The van der Waals surface area contributed by atoms with Crippen molar-refractivity contribution in [3.05, 3.63) is 11.1 Å². The van der Waals surface area contributed by atoms with Crippen LogP contribution in [-0.2, 0) is 14.3 Å². The number of hydrogen-bond acceptors (Lipinski definition) is 5. The predicted octanol–water partition coefficient (Wildman–Crippen LogP) is 1.02. The summed E-state index contributed by atoms with van der Waals surface area (Å²) in [4.78, 5) is 27.3. The fourth-order valence-electron chi connectivity index (χ4n) is 2.14. The van der Waals surface area contributed by atoms with Gasteiger partial charge in [-0.25, -0.2) is 4.79 Å². The number of likely N-dealkylation sites (N-methyl/N-ethyl adjacent to an activating group) is 1. The van der Waals surface area contributed by atoms with E-state index in [9.17, 15) is 9.59 Å². The molecule has 0 unspecified atom stereocenters. The van der Waals surface area contributed by atoms with Crippen molar-refractivity contribution in [1.29, 1.82) is 0 Å². The summed E-state index contributed by atoms with van der Waals surface area (Å²) < 4.78 is 4.87. The number of esters is 1. The Balaban J connectivity index is 2.06. The minimum Gasteiger partial charge on any atom is -0.463 e. The van der Waals surface area contributed by atoms with Gasteiger partial charge in [0.15, 0.2) is 0 Å². The normalized spacial score (nSPS) is 27.2. The van der Waals surface area contributed by atoms with Gasteiger partial charge in [-0.2, -0.15) is 0 Å². The van der Waals surface area contributed by atoms with Crippen molar-refractivity contribution < 1.29 is 14.3 Å². The molecule has 0 aromatic carbocycles. The van der Waals surface area contributed by atoms with E-state index >= 15 is 0 Å². The molecule has 1 amide bonds. The lowest BCUT2D eigenvalue weighted by molar-refractivity contribution is -0.137. The van der Waals surface area contributed by atoms with Gasteiger partial charge in [0.05, 0.1) is 17.7 Å². The minimum absolute atomic E-state index is 0.0532. The largest absolute Gasteiger partial charge is 0.463 e. The standard InChI is InChI=1S/C12H18N2O3S/c1-3-17-10(15)8-9-13(2)11(16)12(18-9)14-6-4-5-7-14/h8,12H,3-7H2,1-2H3/b9-8-/t12-/m0/s1. The number of carbonyl (C=O) groups excluding carboxylic acids is 2. The van der Waals surface area contributed by atoms with E-state index in [1.807, 2.05) is 0 Å². The van der Waals surface area contributed by atoms with Gasteiger partial charge in [0.2, 0.25) is 0 Å². The fourth-order valence-corrected chi connectivity index (χ4v) is 3.40. The van der Waals surface area contributed by atoms with Crippen molar-refractivity contribution in [2.24, 2.45) is 0 Å². The van der Waals surface area contributed by atoms with Crippen molar-refractivity contribution in [3.8, 4) is 0 Å². The molecule has 0 N–H and O–H groups in total. The molecular weight excluding hydrogens is 252 g/mol. The Hall–Kier alpha value is -1.01. The summed E-state index contributed by atoms with van der Waals surface area (Å²) >= 11 is 1.44. The Bertz CT molecular complexity index is 378. The molecule has 6 heteroatoms. The van der Waals surface area contributed by atoms with Crippen LogP contribution in [0.25, 0.3) is 0 Å². The van der Waals surface area contributed by atoms with E-state index in [0.717, 1.165) is 25.9 Å². The third-order valence-corrected chi connectivity index (χ3v) is 4.46. The quantitative estimate of drug-likeness (QED) is 0.566. The van der Waals surface area contributed by atoms with E-state index < -0.39 is 0 Å². The maximum Gasteiger partial charge on any atom is 0.333 e. The van der Waals surface area contributed by atoms with Gasteiger partial charge in [0, 0.05) is 7.05 Å². The zero-order chi connectivity index (χ0) is 13.1. The Labute approximate surface area is 111 Å². The summed E-state index contributed by atoms with van der Waals surface area (Å²) in [6.07, 6.45) is 3.69. The molecule has 2 aliphatic heterocycles. The highest BCUT2D eigenvalue weighted by Crippen LogP contribution is 2.37. The third-order valence-electron chi connectivity index (χ3n) is 3.11. The maximum absolute atomic E-state index is 12.1. The van der Waals surface area contributed by atoms with E-state index in [1.54, 1.807) is 18.9 Å². The van der Waals surface area contributed by atoms with Crippen molar-refractivity contribution >= 4 is 23.6 Å². The van der Waals surface area contributed by atoms with Crippen LogP contribution >= 0.6 is 11.8 Å². The molecule has 100 valence electrons. The minimum atomic E-state index is -0.387. The lowest BCUT2D eigenvalue weighted by atomic mass is 10.4. The van der Waals surface area contributed by atoms with Crippen LogP contribution in [0, 0.1) is 0 Å². The van der Waals surface area contributed by atoms with Gasteiger partial charge in [-0.1, -0.05) is 11.8 Å².